The molecule has 3 heterocycles. The van der Waals surface area contributed by atoms with Crippen molar-refractivity contribution in [2.75, 3.05) is 32.8 Å². The quantitative estimate of drug-likeness (QED) is 0.797. The summed E-state index contributed by atoms with van der Waals surface area (Å²) >= 11 is 0. The summed E-state index contributed by atoms with van der Waals surface area (Å²) in [5.41, 5.74) is 1.31. The Bertz CT molecular complexity index is 768. The van der Waals surface area contributed by atoms with Crippen LogP contribution in [0.5, 0.6) is 0 Å². The third kappa shape index (κ3) is 4.62. The molecule has 0 spiro atoms. The van der Waals surface area contributed by atoms with Crippen LogP contribution in [0.3, 0.4) is 0 Å². The van der Waals surface area contributed by atoms with Gasteiger partial charge in [0.2, 0.25) is 5.91 Å². The van der Waals surface area contributed by atoms with Gasteiger partial charge in [0.05, 0.1) is 19.1 Å². The number of piperidine rings is 1. The zero-order valence-corrected chi connectivity index (χ0v) is 16.7. The lowest BCUT2D eigenvalue weighted by molar-refractivity contribution is -0.137. The minimum Gasteiger partial charge on any atom is -0.375 e. The maximum atomic E-state index is 12.8. The van der Waals surface area contributed by atoms with E-state index in [-0.39, 0.29) is 12.0 Å². The predicted octanol–water partition coefficient (Wildman–Crippen LogP) is 2.42. The molecule has 1 amide bonds. The van der Waals surface area contributed by atoms with Gasteiger partial charge in [0.1, 0.15) is 5.82 Å². The third-order valence-corrected chi connectivity index (χ3v) is 5.95. The van der Waals surface area contributed by atoms with Crippen LogP contribution in [0.25, 0.3) is 0 Å². The van der Waals surface area contributed by atoms with Crippen molar-refractivity contribution >= 4 is 5.91 Å². The van der Waals surface area contributed by atoms with Gasteiger partial charge in [0.25, 0.3) is 0 Å². The molecule has 0 aliphatic carbocycles. The molecule has 0 unspecified atom stereocenters. The van der Waals surface area contributed by atoms with Crippen molar-refractivity contribution in [2.24, 2.45) is 7.05 Å². The summed E-state index contributed by atoms with van der Waals surface area (Å²) < 4.78 is 8.00. The Morgan fingerprint density at radius 1 is 1.18 bits per heavy atom. The van der Waals surface area contributed by atoms with Gasteiger partial charge in [0, 0.05) is 58.1 Å². The number of amides is 1. The number of hydrogen-bond donors (Lipinski definition) is 0. The van der Waals surface area contributed by atoms with Crippen molar-refractivity contribution in [3.05, 3.63) is 54.1 Å². The van der Waals surface area contributed by atoms with Gasteiger partial charge in [-0.1, -0.05) is 30.3 Å². The van der Waals surface area contributed by atoms with Crippen LogP contribution in [-0.4, -0.2) is 64.1 Å². The van der Waals surface area contributed by atoms with E-state index in [9.17, 15) is 4.79 Å². The fourth-order valence-electron chi connectivity index (χ4n) is 4.37. The fraction of sp³-hybridized carbons (Fsp3) is 0.545. The highest BCUT2D eigenvalue weighted by molar-refractivity contribution is 5.76. The molecule has 0 saturated carbocycles. The zero-order chi connectivity index (χ0) is 19.3. The molecule has 0 bridgehead atoms. The lowest BCUT2D eigenvalue weighted by Gasteiger charge is -2.35. The SMILES string of the molecule is Cn1ccnc1C1CCN(C(=O)C[C@H]2CN(Cc3ccccc3)CCO2)CC1. The van der Waals surface area contributed by atoms with E-state index in [0.29, 0.717) is 18.9 Å². The molecule has 0 N–H and O–H groups in total. The van der Waals surface area contributed by atoms with Gasteiger partial charge in [-0.2, -0.15) is 0 Å². The molecule has 2 aliphatic heterocycles. The molecule has 2 saturated heterocycles. The topological polar surface area (TPSA) is 50.6 Å². The molecule has 2 aromatic rings. The van der Waals surface area contributed by atoms with Crippen LogP contribution in [-0.2, 0) is 23.1 Å². The highest BCUT2D eigenvalue weighted by Gasteiger charge is 2.29. The van der Waals surface area contributed by atoms with Crippen LogP contribution >= 0.6 is 0 Å². The maximum absolute atomic E-state index is 12.8. The van der Waals surface area contributed by atoms with Crippen LogP contribution < -0.4 is 0 Å². The van der Waals surface area contributed by atoms with Crippen molar-refractivity contribution < 1.29 is 9.53 Å². The number of aryl methyl sites for hydroxylation is 1. The summed E-state index contributed by atoms with van der Waals surface area (Å²) in [5.74, 6) is 1.82. The Hall–Kier alpha value is -2.18. The summed E-state index contributed by atoms with van der Waals surface area (Å²) in [5, 5.41) is 0. The van der Waals surface area contributed by atoms with E-state index in [1.54, 1.807) is 0 Å². The minimum atomic E-state index is -0.00257. The van der Waals surface area contributed by atoms with Crippen LogP contribution in [0.2, 0.25) is 0 Å². The van der Waals surface area contributed by atoms with Gasteiger partial charge < -0.3 is 14.2 Å². The molecule has 150 valence electrons. The van der Waals surface area contributed by atoms with E-state index in [2.05, 4.69) is 38.7 Å². The zero-order valence-electron chi connectivity index (χ0n) is 16.7. The van der Waals surface area contributed by atoms with Gasteiger partial charge in [-0.3, -0.25) is 9.69 Å². The van der Waals surface area contributed by atoms with Crippen molar-refractivity contribution in [3.63, 3.8) is 0 Å². The second-order valence-corrected chi connectivity index (χ2v) is 7.97. The molecular weight excluding hydrogens is 352 g/mol. The molecule has 0 radical (unpaired) electrons. The van der Waals surface area contributed by atoms with E-state index in [4.69, 9.17) is 4.74 Å². The number of imidazole rings is 1. The summed E-state index contributed by atoms with van der Waals surface area (Å²) in [4.78, 5) is 21.7. The molecule has 2 aliphatic rings. The highest BCUT2D eigenvalue weighted by Crippen LogP contribution is 2.27. The van der Waals surface area contributed by atoms with Gasteiger partial charge in [-0.05, 0) is 18.4 Å². The molecular formula is C22H30N4O2. The average Bonchev–Trinajstić information content (AvgIpc) is 3.15. The maximum Gasteiger partial charge on any atom is 0.225 e. The molecule has 1 aromatic carbocycles. The van der Waals surface area contributed by atoms with Crippen LogP contribution in [0.15, 0.2) is 42.7 Å². The first kappa shape index (κ1) is 19.2. The van der Waals surface area contributed by atoms with Crippen molar-refractivity contribution in [1.82, 2.24) is 19.4 Å². The number of rotatable bonds is 5. The second kappa shape index (κ2) is 8.88. The lowest BCUT2D eigenvalue weighted by Crippen LogP contribution is -2.46. The number of aromatic nitrogens is 2. The van der Waals surface area contributed by atoms with Crippen LogP contribution in [0.4, 0.5) is 0 Å². The van der Waals surface area contributed by atoms with E-state index in [1.165, 1.54) is 5.56 Å². The Morgan fingerprint density at radius 3 is 2.68 bits per heavy atom. The summed E-state index contributed by atoms with van der Waals surface area (Å²) in [6, 6.07) is 10.5. The van der Waals surface area contributed by atoms with E-state index >= 15 is 0 Å². The highest BCUT2D eigenvalue weighted by atomic mass is 16.5. The number of nitrogens with zero attached hydrogens (tertiary/aromatic N) is 4. The number of hydrogen-bond acceptors (Lipinski definition) is 4. The number of morpholine rings is 1. The van der Waals surface area contributed by atoms with Crippen molar-refractivity contribution in [1.29, 1.82) is 0 Å². The first-order valence-corrected chi connectivity index (χ1v) is 10.3. The standard InChI is InChI=1S/C22H30N4O2/c1-24-12-9-23-22(24)19-7-10-26(11-8-19)21(27)15-20-17-25(13-14-28-20)16-18-5-3-2-4-6-18/h2-6,9,12,19-20H,7-8,10-11,13-17H2,1H3/t20-/m0/s1. The van der Waals surface area contributed by atoms with Gasteiger partial charge in [-0.15, -0.1) is 0 Å². The molecule has 1 aromatic heterocycles. The third-order valence-electron chi connectivity index (χ3n) is 5.95. The molecule has 4 rings (SSSR count). The largest absolute Gasteiger partial charge is 0.375 e. The Morgan fingerprint density at radius 2 is 1.96 bits per heavy atom. The van der Waals surface area contributed by atoms with Crippen LogP contribution in [0, 0.1) is 0 Å². The fourth-order valence-corrected chi connectivity index (χ4v) is 4.37. The second-order valence-electron chi connectivity index (χ2n) is 7.97. The minimum absolute atomic E-state index is 0.00257. The van der Waals surface area contributed by atoms with Gasteiger partial charge in [-0.25, -0.2) is 4.98 Å². The van der Waals surface area contributed by atoms with Gasteiger partial charge in [0.15, 0.2) is 0 Å². The predicted molar refractivity (Wildman–Crippen MR) is 108 cm³/mol. The van der Waals surface area contributed by atoms with E-state index < -0.39 is 0 Å². The normalized spacial score (nSPS) is 21.8. The number of likely N-dealkylation sites (tertiary alicyclic amines) is 1. The smallest absolute Gasteiger partial charge is 0.225 e. The van der Waals surface area contributed by atoms with Crippen molar-refractivity contribution in [3.8, 4) is 0 Å². The Balaban J connectivity index is 1.25. The number of carbonyl (C=O) groups excluding carboxylic acids is 1. The molecule has 6 heteroatoms. The molecule has 28 heavy (non-hydrogen) atoms. The number of carbonyl (C=O) groups is 1. The molecule has 2 fully saturated rings. The molecule has 6 nitrogen and oxygen atoms in total. The summed E-state index contributed by atoms with van der Waals surface area (Å²) in [6.07, 6.45) is 6.31. The Kier molecular flexibility index (Phi) is 6.07. The van der Waals surface area contributed by atoms with E-state index in [1.807, 2.05) is 30.4 Å². The van der Waals surface area contributed by atoms with Crippen LogP contribution in [0.1, 0.15) is 36.6 Å². The lowest BCUT2D eigenvalue weighted by atomic mass is 9.95. The molecule has 1 atom stereocenters. The first-order valence-electron chi connectivity index (χ1n) is 10.3. The average molecular weight is 383 g/mol. The van der Waals surface area contributed by atoms with Crippen molar-refractivity contribution in [2.45, 2.75) is 37.8 Å². The number of ether oxygens (including phenoxy) is 1. The monoisotopic (exact) mass is 382 g/mol. The Labute approximate surface area is 167 Å². The van der Waals surface area contributed by atoms with E-state index in [0.717, 1.165) is 51.4 Å². The number of benzene rings is 1. The van der Waals surface area contributed by atoms with Gasteiger partial charge >= 0.3 is 0 Å². The summed E-state index contributed by atoms with van der Waals surface area (Å²) in [6.45, 7) is 5.00. The summed E-state index contributed by atoms with van der Waals surface area (Å²) in [7, 11) is 2.04. The first-order chi connectivity index (χ1) is 13.7.